The quantitative estimate of drug-likeness (QED) is 0.454. The maximum atomic E-state index is 12.8. The van der Waals surface area contributed by atoms with Gasteiger partial charge in [0.1, 0.15) is 16.7 Å². The second kappa shape index (κ2) is 11.1. The lowest BCUT2D eigenvalue weighted by Crippen LogP contribution is -2.25. The number of carbonyl (C=O) groups is 2. The predicted molar refractivity (Wildman–Crippen MR) is 150 cm³/mol. The fraction of sp³-hybridized carbons (Fsp3) is 0.241. The first-order chi connectivity index (χ1) is 18.4. The van der Waals surface area contributed by atoms with Crippen LogP contribution < -0.4 is 14.8 Å². The number of aliphatic imine (C=N–C) groups is 1. The predicted octanol–water partition coefficient (Wildman–Crippen LogP) is 5.19. The number of benzene rings is 3. The van der Waals surface area contributed by atoms with Gasteiger partial charge in [0.2, 0.25) is 5.91 Å². The summed E-state index contributed by atoms with van der Waals surface area (Å²) in [5.41, 5.74) is 4.76. The monoisotopic (exact) mass is 528 g/mol. The van der Waals surface area contributed by atoms with Gasteiger partial charge < -0.3 is 14.8 Å². The lowest BCUT2D eigenvalue weighted by Gasteiger charge is -2.23. The SMILES string of the molecule is COc1ccc(C2CC(c3ccc(C)cc3)=NN2C2=NC(=O)C(CC(=O)Nc3cccc(OC)c3)S2)cc1. The van der Waals surface area contributed by atoms with Gasteiger partial charge in [-0.15, -0.1) is 0 Å². The van der Waals surface area contributed by atoms with E-state index in [4.69, 9.17) is 14.6 Å². The average molecular weight is 529 g/mol. The third kappa shape index (κ3) is 5.57. The van der Waals surface area contributed by atoms with Gasteiger partial charge in [0.05, 0.1) is 26.0 Å². The molecule has 0 spiro atoms. The highest BCUT2D eigenvalue weighted by atomic mass is 32.2. The number of hydrogen-bond donors (Lipinski definition) is 1. The average Bonchev–Trinajstić information content (AvgIpc) is 3.53. The summed E-state index contributed by atoms with van der Waals surface area (Å²) < 4.78 is 10.5. The first-order valence-corrected chi connectivity index (χ1v) is 13.1. The number of thioether (sulfide) groups is 1. The van der Waals surface area contributed by atoms with Crippen molar-refractivity contribution < 1.29 is 19.1 Å². The number of anilines is 1. The summed E-state index contributed by atoms with van der Waals surface area (Å²) in [7, 11) is 3.20. The van der Waals surface area contributed by atoms with E-state index in [2.05, 4.69) is 34.6 Å². The highest BCUT2D eigenvalue weighted by molar-refractivity contribution is 8.15. The summed E-state index contributed by atoms with van der Waals surface area (Å²) in [6.07, 6.45) is 0.660. The van der Waals surface area contributed by atoms with Crippen LogP contribution in [-0.4, -0.2) is 47.2 Å². The van der Waals surface area contributed by atoms with Crippen LogP contribution in [0.3, 0.4) is 0 Å². The maximum Gasteiger partial charge on any atom is 0.262 e. The Morgan fingerprint density at radius 1 is 1.03 bits per heavy atom. The molecule has 0 bridgehead atoms. The minimum absolute atomic E-state index is 0.00326. The van der Waals surface area contributed by atoms with Crippen LogP contribution in [0.2, 0.25) is 0 Å². The summed E-state index contributed by atoms with van der Waals surface area (Å²) in [4.78, 5) is 29.9. The second-order valence-electron chi connectivity index (χ2n) is 9.07. The van der Waals surface area contributed by atoms with Crippen LogP contribution in [0.15, 0.2) is 82.9 Å². The van der Waals surface area contributed by atoms with Crippen molar-refractivity contribution in [3.05, 3.63) is 89.5 Å². The summed E-state index contributed by atoms with van der Waals surface area (Å²) in [6.45, 7) is 2.05. The van der Waals surface area contributed by atoms with E-state index in [0.29, 0.717) is 23.0 Å². The van der Waals surface area contributed by atoms with Gasteiger partial charge in [0.25, 0.3) is 5.91 Å². The fourth-order valence-corrected chi connectivity index (χ4v) is 5.44. The summed E-state index contributed by atoms with van der Waals surface area (Å²) in [6, 6.07) is 23.0. The molecule has 3 aromatic rings. The molecular formula is C29H28N4O4S. The zero-order valence-corrected chi connectivity index (χ0v) is 22.2. The highest BCUT2D eigenvalue weighted by Gasteiger charge is 2.39. The number of aryl methyl sites for hydroxylation is 1. The van der Waals surface area contributed by atoms with Crippen LogP contribution in [0.25, 0.3) is 0 Å². The summed E-state index contributed by atoms with van der Waals surface area (Å²) in [5, 5.41) is 9.44. The molecule has 0 saturated carbocycles. The number of nitrogens with one attached hydrogen (secondary N) is 1. The molecule has 8 nitrogen and oxygen atoms in total. The molecule has 38 heavy (non-hydrogen) atoms. The zero-order valence-electron chi connectivity index (χ0n) is 21.4. The van der Waals surface area contributed by atoms with Gasteiger partial charge in [-0.05, 0) is 42.3 Å². The van der Waals surface area contributed by atoms with Crippen LogP contribution in [0, 0.1) is 6.92 Å². The van der Waals surface area contributed by atoms with Crippen molar-refractivity contribution in [2.24, 2.45) is 10.1 Å². The molecule has 2 atom stereocenters. The Labute approximate surface area is 225 Å². The van der Waals surface area contributed by atoms with Gasteiger partial charge in [0, 0.05) is 24.6 Å². The minimum Gasteiger partial charge on any atom is -0.497 e. The number of ether oxygens (including phenoxy) is 2. The first kappa shape index (κ1) is 25.5. The molecule has 2 aliphatic heterocycles. The number of nitrogens with zero attached hydrogens (tertiary/aromatic N) is 3. The van der Waals surface area contributed by atoms with Gasteiger partial charge in [-0.1, -0.05) is 59.8 Å². The Morgan fingerprint density at radius 3 is 2.47 bits per heavy atom. The Kier molecular flexibility index (Phi) is 7.46. The van der Waals surface area contributed by atoms with Crippen molar-refractivity contribution >= 4 is 40.1 Å². The largest absolute Gasteiger partial charge is 0.497 e. The van der Waals surface area contributed by atoms with E-state index in [-0.39, 0.29) is 24.3 Å². The van der Waals surface area contributed by atoms with Crippen molar-refractivity contribution in [2.45, 2.75) is 31.1 Å². The van der Waals surface area contributed by atoms with Crippen molar-refractivity contribution in [3.8, 4) is 11.5 Å². The zero-order chi connectivity index (χ0) is 26.6. The van der Waals surface area contributed by atoms with Crippen LogP contribution in [-0.2, 0) is 9.59 Å². The lowest BCUT2D eigenvalue weighted by atomic mass is 9.98. The molecule has 0 saturated heterocycles. The standard InChI is InChI=1S/C29H28N4O4S/c1-18-7-9-19(10-8-18)24-16-25(20-11-13-22(36-2)14-12-20)33(32-24)29-31-28(35)26(38-29)17-27(34)30-21-5-4-6-23(15-21)37-3/h4-15,25-26H,16-17H2,1-3H3,(H,30,34). The fourth-order valence-electron chi connectivity index (χ4n) is 4.38. The Balaban J connectivity index is 1.34. The molecule has 2 heterocycles. The Hall–Kier alpha value is -4.11. The number of hydrogen-bond acceptors (Lipinski definition) is 7. The van der Waals surface area contributed by atoms with Gasteiger partial charge >= 0.3 is 0 Å². The third-order valence-electron chi connectivity index (χ3n) is 6.44. The normalized spacial score (nSPS) is 18.7. The first-order valence-electron chi connectivity index (χ1n) is 12.2. The van der Waals surface area contributed by atoms with Crippen LogP contribution in [0.4, 0.5) is 5.69 Å². The summed E-state index contributed by atoms with van der Waals surface area (Å²) in [5.74, 6) is 0.805. The second-order valence-corrected chi connectivity index (χ2v) is 10.2. The molecule has 9 heteroatoms. The van der Waals surface area contributed by atoms with E-state index >= 15 is 0 Å². The highest BCUT2D eigenvalue weighted by Crippen LogP contribution is 2.39. The van der Waals surface area contributed by atoms with Crippen LogP contribution >= 0.6 is 11.8 Å². The molecule has 2 aliphatic rings. The maximum absolute atomic E-state index is 12.8. The van der Waals surface area contributed by atoms with Gasteiger partial charge in [-0.2, -0.15) is 10.1 Å². The Morgan fingerprint density at radius 2 is 1.76 bits per heavy atom. The number of hydrazone groups is 1. The topological polar surface area (TPSA) is 92.6 Å². The van der Waals surface area contributed by atoms with Crippen LogP contribution in [0.5, 0.6) is 11.5 Å². The summed E-state index contributed by atoms with van der Waals surface area (Å²) >= 11 is 1.28. The smallest absolute Gasteiger partial charge is 0.262 e. The molecule has 2 amide bonds. The molecule has 0 aliphatic carbocycles. The van der Waals surface area contributed by atoms with Crippen molar-refractivity contribution in [3.63, 3.8) is 0 Å². The number of rotatable bonds is 7. The molecule has 5 rings (SSSR count). The number of methoxy groups -OCH3 is 2. The minimum atomic E-state index is -0.620. The van der Waals surface area contributed by atoms with E-state index in [1.807, 2.05) is 36.2 Å². The molecule has 0 fully saturated rings. The number of amides is 2. The van der Waals surface area contributed by atoms with E-state index in [1.54, 1.807) is 38.5 Å². The molecule has 1 N–H and O–H groups in total. The van der Waals surface area contributed by atoms with E-state index in [1.165, 1.54) is 17.3 Å². The van der Waals surface area contributed by atoms with E-state index in [0.717, 1.165) is 22.6 Å². The lowest BCUT2D eigenvalue weighted by molar-refractivity contribution is -0.121. The van der Waals surface area contributed by atoms with Crippen molar-refractivity contribution in [2.75, 3.05) is 19.5 Å². The third-order valence-corrected chi connectivity index (χ3v) is 7.59. The molecule has 194 valence electrons. The van der Waals surface area contributed by atoms with Gasteiger partial charge in [0.15, 0.2) is 5.17 Å². The van der Waals surface area contributed by atoms with Gasteiger partial charge in [-0.25, -0.2) is 5.01 Å². The van der Waals surface area contributed by atoms with Crippen molar-refractivity contribution in [1.29, 1.82) is 0 Å². The number of amidine groups is 1. The molecular weight excluding hydrogens is 500 g/mol. The number of carbonyl (C=O) groups excluding carboxylic acids is 2. The molecule has 0 radical (unpaired) electrons. The van der Waals surface area contributed by atoms with Crippen LogP contribution in [0.1, 0.15) is 35.6 Å². The molecule has 2 unspecified atom stereocenters. The van der Waals surface area contributed by atoms with Gasteiger partial charge in [-0.3, -0.25) is 9.59 Å². The van der Waals surface area contributed by atoms with Crippen molar-refractivity contribution in [1.82, 2.24) is 5.01 Å². The molecule has 0 aromatic heterocycles. The van der Waals surface area contributed by atoms with E-state index in [9.17, 15) is 9.59 Å². The van der Waals surface area contributed by atoms with E-state index < -0.39 is 5.25 Å². The molecule has 3 aromatic carbocycles. The Bertz CT molecular complexity index is 1400.